The van der Waals surface area contributed by atoms with Gasteiger partial charge in [0.05, 0.1) is 18.3 Å². The molecule has 1 atom stereocenters. The second-order valence-corrected chi connectivity index (χ2v) is 10.7. The Bertz CT molecular complexity index is 1040. The molecule has 0 amide bonds. The van der Waals surface area contributed by atoms with Gasteiger partial charge in [-0.2, -0.15) is 0 Å². The molecule has 0 saturated heterocycles. The number of unbranched alkanes of at least 4 members (excludes halogenated alkanes) is 9. The standard InChI is InChI=1S/C36H48O3/c1-3-4-5-6-7-8-9-16-29-38-35-27-25-33(26-28-35)32-23-21-31(22-24-32)18-13-10-12-17-30(2)39-36(37)34-19-14-11-15-20-34/h11,14-15,19-28,30H,3-10,12-13,16-18,29H2,1-2H3. The third-order valence-corrected chi connectivity index (χ3v) is 7.30. The first-order valence-electron chi connectivity index (χ1n) is 15.2. The van der Waals surface area contributed by atoms with Crippen LogP contribution >= 0.6 is 0 Å². The summed E-state index contributed by atoms with van der Waals surface area (Å²) in [5.74, 6) is 0.728. The molecular formula is C36H48O3. The third-order valence-electron chi connectivity index (χ3n) is 7.30. The summed E-state index contributed by atoms with van der Waals surface area (Å²) in [6.07, 6.45) is 15.8. The molecule has 0 radical (unpaired) electrons. The van der Waals surface area contributed by atoms with E-state index in [2.05, 4.69) is 55.5 Å². The summed E-state index contributed by atoms with van der Waals surface area (Å²) in [5, 5.41) is 0. The molecule has 3 nitrogen and oxygen atoms in total. The van der Waals surface area contributed by atoms with E-state index in [9.17, 15) is 4.79 Å². The van der Waals surface area contributed by atoms with Crippen LogP contribution in [0.4, 0.5) is 0 Å². The molecule has 3 rings (SSSR count). The van der Waals surface area contributed by atoms with E-state index < -0.39 is 0 Å². The highest BCUT2D eigenvalue weighted by Crippen LogP contribution is 2.24. The Labute approximate surface area is 237 Å². The summed E-state index contributed by atoms with van der Waals surface area (Å²) in [6.45, 7) is 5.06. The van der Waals surface area contributed by atoms with Crippen molar-refractivity contribution in [1.82, 2.24) is 0 Å². The predicted molar refractivity (Wildman–Crippen MR) is 163 cm³/mol. The zero-order chi connectivity index (χ0) is 27.5. The highest BCUT2D eigenvalue weighted by molar-refractivity contribution is 5.89. The molecule has 39 heavy (non-hydrogen) atoms. The average Bonchev–Trinajstić information content (AvgIpc) is 2.97. The molecule has 3 aromatic rings. The van der Waals surface area contributed by atoms with Gasteiger partial charge in [-0.3, -0.25) is 0 Å². The largest absolute Gasteiger partial charge is 0.494 e. The summed E-state index contributed by atoms with van der Waals surface area (Å²) in [6, 6.07) is 26.6. The van der Waals surface area contributed by atoms with Crippen molar-refractivity contribution in [3.05, 3.63) is 90.0 Å². The van der Waals surface area contributed by atoms with Crippen molar-refractivity contribution in [3.63, 3.8) is 0 Å². The summed E-state index contributed by atoms with van der Waals surface area (Å²) >= 11 is 0. The summed E-state index contributed by atoms with van der Waals surface area (Å²) in [5.41, 5.74) is 4.45. The smallest absolute Gasteiger partial charge is 0.338 e. The van der Waals surface area contributed by atoms with E-state index in [4.69, 9.17) is 9.47 Å². The SMILES string of the molecule is CCCCCCCCCCOc1ccc(-c2ccc(CCCCCC(C)OC(=O)c3ccccc3)cc2)cc1. The molecule has 0 aliphatic rings. The Morgan fingerprint density at radius 2 is 1.26 bits per heavy atom. The van der Waals surface area contributed by atoms with Crippen LogP contribution in [-0.2, 0) is 11.2 Å². The Morgan fingerprint density at radius 1 is 0.667 bits per heavy atom. The van der Waals surface area contributed by atoms with Crippen LogP contribution in [0.2, 0.25) is 0 Å². The molecule has 1 unspecified atom stereocenters. The van der Waals surface area contributed by atoms with Crippen molar-refractivity contribution in [3.8, 4) is 16.9 Å². The van der Waals surface area contributed by atoms with Crippen molar-refractivity contribution in [2.45, 2.75) is 103 Å². The molecule has 0 spiro atoms. The van der Waals surface area contributed by atoms with Crippen LogP contribution in [0.3, 0.4) is 0 Å². The van der Waals surface area contributed by atoms with Gasteiger partial charge in [-0.25, -0.2) is 4.79 Å². The van der Waals surface area contributed by atoms with E-state index in [1.165, 1.54) is 61.6 Å². The number of benzene rings is 3. The molecular weight excluding hydrogens is 480 g/mol. The second kappa shape index (κ2) is 18.3. The minimum Gasteiger partial charge on any atom is -0.494 e. The predicted octanol–water partition coefficient (Wildman–Crippen LogP) is 10.2. The minimum atomic E-state index is -0.232. The number of esters is 1. The normalized spacial score (nSPS) is 11.7. The molecule has 0 heterocycles. The molecule has 0 aromatic heterocycles. The van der Waals surface area contributed by atoms with E-state index in [0.717, 1.165) is 50.9 Å². The highest BCUT2D eigenvalue weighted by atomic mass is 16.5. The van der Waals surface area contributed by atoms with Crippen LogP contribution in [0.15, 0.2) is 78.9 Å². The summed E-state index contributed by atoms with van der Waals surface area (Å²) in [7, 11) is 0. The van der Waals surface area contributed by atoms with Gasteiger partial charge in [-0.1, -0.05) is 113 Å². The van der Waals surface area contributed by atoms with Crippen LogP contribution in [0.25, 0.3) is 11.1 Å². The fourth-order valence-electron chi connectivity index (χ4n) is 4.86. The third kappa shape index (κ3) is 12.1. The Kier molecular flexibility index (Phi) is 14.3. The average molecular weight is 529 g/mol. The number of carbonyl (C=O) groups excluding carboxylic acids is 1. The van der Waals surface area contributed by atoms with Crippen molar-refractivity contribution in [2.75, 3.05) is 6.61 Å². The van der Waals surface area contributed by atoms with Gasteiger partial charge in [0, 0.05) is 0 Å². The number of hydrogen-bond donors (Lipinski definition) is 0. The number of carbonyl (C=O) groups is 1. The maximum atomic E-state index is 12.2. The Morgan fingerprint density at radius 3 is 1.92 bits per heavy atom. The monoisotopic (exact) mass is 528 g/mol. The molecule has 3 heteroatoms. The van der Waals surface area contributed by atoms with Crippen molar-refractivity contribution in [1.29, 1.82) is 0 Å². The lowest BCUT2D eigenvalue weighted by Crippen LogP contribution is -2.14. The molecule has 0 N–H and O–H groups in total. The molecule has 0 aliphatic heterocycles. The lowest BCUT2D eigenvalue weighted by molar-refractivity contribution is 0.0319. The van der Waals surface area contributed by atoms with E-state index in [1.54, 1.807) is 12.1 Å². The van der Waals surface area contributed by atoms with Gasteiger partial charge in [0.15, 0.2) is 0 Å². The van der Waals surface area contributed by atoms with Crippen molar-refractivity contribution < 1.29 is 14.3 Å². The Hall–Kier alpha value is -3.07. The summed E-state index contributed by atoms with van der Waals surface area (Å²) in [4.78, 5) is 12.2. The fourth-order valence-corrected chi connectivity index (χ4v) is 4.86. The Balaban J connectivity index is 1.27. The molecule has 0 bridgehead atoms. The highest BCUT2D eigenvalue weighted by Gasteiger charge is 2.11. The lowest BCUT2D eigenvalue weighted by atomic mass is 10.0. The quantitative estimate of drug-likeness (QED) is 0.115. The first kappa shape index (κ1) is 30.5. The molecule has 0 saturated carbocycles. The van der Waals surface area contributed by atoms with Crippen LogP contribution in [-0.4, -0.2) is 18.7 Å². The zero-order valence-corrected chi connectivity index (χ0v) is 24.2. The van der Waals surface area contributed by atoms with Gasteiger partial charge in [0.25, 0.3) is 0 Å². The second-order valence-electron chi connectivity index (χ2n) is 10.7. The van der Waals surface area contributed by atoms with Gasteiger partial charge in [-0.15, -0.1) is 0 Å². The number of rotatable bonds is 19. The van der Waals surface area contributed by atoms with Crippen LogP contribution < -0.4 is 4.74 Å². The van der Waals surface area contributed by atoms with Crippen LogP contribution in [0.1, 0.15) is 107 Å². The fraction of sp³-hybridized carbons (Fsp3) is 0.472. The van der Waals surface area contributed by atoms with E-state index >= 15 is 0 Å². The van der Waals surface area contributed by atoms with Crippen LogP contribution in [0, 0.1) is 0 Å². The number of aryl methyl sites for hydroxylation is 1. The summed E-state index contributed by atoms with van der Waals surface area (Å²) < 4.78 is 11.5. The van der Waals surface area contributed by atoms with Crippen molar-refractivity contribution >= 4 is 5.97 Å². The topological polar surface area (TPSA) is 35.5 Å². The van der Waals surface area contributed by atoms with Gasteiger partial charge in [0.1, 0.15) is 5.75 Å². The zero-order valence-electron chi connectivity index (χ0n) is 24.2. The molecule has 0 aliphatic carbocycles. The first-order chi connectivity index (χ1) is 19.2. The molecule has 210 valence electrons. The maximum absolute atomic E-state index is 12.2. The van der Waals surface area contributed by atoms with Crippen LogP contribution in [0.5, 0.6) is 5.75 Å². The maximum Gasteiger partial charge on any atom is 0.338 e. The minimum absolute atomic E-state index is 0.0566. The molecule has 0 fully saturated rings. The van der Waals surface area contributed by atoms with Gasteiger partial charge in [-0.05, 0) is 80.0 Å². The van der Waals surface area contributed by atoms with Gasteiger partial charge >= 0.3 is 5.97 Å². The van der Waals surface area contributed by atoms with E-state index in [-0.39, 0.29) is 12.1 Å². The molecule has 3 aromatic carbocycles. The van der Waals surface area contributed by atoms with Gasteiger partial charge in [0.2, 0.25) is 0 Å². The number of hydrogen-bond acceptors (Lipinski definition) is 3. The van der Waals surface area contributed by atoms with E-state index in [1.807, 2.05) is 25.1 Å². The van der Waals surface area contributed by atoms with Crippen molar-refractivity contribution in [2.24, 2.45) is 0 Å². The van der Waals surface area contributed by atoms with Gasteiger partial charge < -0.3 is 9.47 Å². The number of ether oxygens (including phenoxy) is 2. The lowest BCUT2D eigenvalue weighted by Gasteiger charge is -2.13. The first-order valence-corrected chi connectivity index (χ1v) is 15.2. The van der Waals surface area contributed by atoms with E-state index in [0.29, 0.717) is 5.56 Å².